The summed E-state index contributed by atoms with van der Waals surface area (Å²) >= 11 is 0. The molecule has 1 aliphatic heterocycles. The van der Waals surface area contributed by atoms with Crippen molar-refractivity contribution < 1.29 is 27.1 Å². The Labute approximate surface area is 190 Å². The van der Waals surface area contributed by atoms with Gasteiger partial charge >= 0.3 is 6.09 Å². The molecule has 33 heavy (non-hydrogen) atoms. The number of amides is 2. The first kappa shape index (κ1) is 22.3. The summed E-state index contributed by atoms with van der Waals surface area (Å²) in [5.41, 5.74) is 1.55. The number of ether oxygens (including phenoxy) is 1. The molecule has 0 aliphatic carbocycles. The Morgan fingerprint density at radius 2 is 1.85 bits per heavy atom. The number of sulfonamides is 1. The van der Waals surface area contributed by atoms with Crippen LogP contribution in [0.1, 0.15) is 15.9 Å². The quantitative estimate of drug-likeness (QED) is 0.565. The molecule has 0 unspecified atom stereocenters. The molecule has 0 radical (unpaired) electrons. The van der Waals surface area contributed by atoms with Crippen molar-refractivity contribution in [2.45, 2.75) is 11.8 Å². The number of carbonyl (C=O) groups is 2. The number of halogens is 1. The molecule has 0 bridgehead atoms. The lowest BCUT2D eigenvalue weighted by Crippen LogP contribution is -2.25. The molecule has 1 heterocycles. The number of nitrogens with one attached hydrogen (secondary N) is 2. The fourth-order valence-corrected chi connectivity index (χ4v) is 4.36. The van der Waals surface area contributed by atoms with Crippen molar-refractivity contribution in [3.05, 3.63) is 83.7 Å². The van der Waals surface area contributed by atoms with Crippen molar-refractivity contribution in [2.24, 2.45) is 0 Å². The fourth-order valence-electron chi connectivity index (χ4n) is 3.30. The number of hydrogen-bond acceptors (Lipinski definition) is 5. The first-order chi connectivity index (χ1) is 15.7. The van der Waals surface area contributed by atoms with E-state index in [1.54, 1.807) is 24.3 Å². The lowest BCUT2D eigenvalue weighted by Gasteiger charge is -2.18. The van der Waals surface area contributed by atoms with Gasteiger partial charge in [0, 0.05) is 11.3 Å². The van der Waals surface area contributed by atoms with Gasteiger partial charge in [0.25, 0.3) is 15.9 Å². The third-order valence-electron chi connectivity index (χ3n) is 5.03. The van der Waals surface area contributed by atoms with Crippen LogP contribution in [0.5, 0.6) is 0 Å². The second-order valence-corrected chi connectivity index (χ2v) is 9.02. The summed E-state index contributed by atoms with van der Waals surface area (Å²) in [5.74, 6) is -1.14. The van der Waals surface area contributed by atoms with E-state index in [2.05, 4.69) is 10.0 Å². The highest BCUT2D eigenvalue weighted by atomic mass is 32.2. The predicted molar refractivity (Wildman–Crippen MR) is 121 cm³/mol. The third-order valence-corrected chi connectivity index (χ3v) is 6.41. The normalized spacial score (nSPS) is 13.5. The summed E-state index contributed by atoms with van der Waals surface area (Å²) in [5, 5.41) is 2.74. The number of rotatable bonds is 6. The second-order valence-electron chi connectivity index (χ2n) is 7.33. The monoisotopic (exact) mass is 469 g/mol. The zero-order chi connectivity index (χ0) is 23.6. The van der Waals surface area contributed by atoms with E-state index in [0.717, 1.165) is 6.07 Å². The minimum absolute atomic E-state index is 0.139. The van der Waals surface area contributed by atoms with Gasteiger partial charge in [-0.15, -0.1) is 0 Å². The van der Waals surface area contributed by atoms with Crippen molar-refractivity contribution in [2.75, 3.05) is 28.1 Å². The number of cyclic esters (lactones) is 1. The summed E-state index contributed by atoms with van der Waals surface area (Å²) in [6.07, 6.45) is -0.499. The molecule has 2 amide bonds. The third kappa shape index (κ3) is 4.80. The van der Waals surface area contributed by atoms with Crippen LogP contribution in [-0.2, 0) is 14.8 Å². The van der Waals surface area contributed by atoms with Crippen LogP contribution in [0.2, 0.25) is 0 Å². The highest BCUT2D eigenvalue weighted by molar-refractivity contribution is 7.92. The Hall–Kier alpha value is -3.92. The highest BCUT2D eigenvalue weighted by Crippen LogP contribution is 2.28. The van der Waals surface area contributed by atoms with Gasteiger partial charge in [0.15, 0.2) is 0 Å². The molecule has 0 atom stereocenters. The SMILES string of the molecule is Cc1ccc(S(=O)(=O)Nc2cccc(C(=O)Nc3ccccc3N3CCOC3=O)c2)cc1F. The van der Waals surface area contributed by atoms with Gasteiger partial charge in [-0.25, -0.2) is 17.6 Å². The van der Waals surface area contributed by atoms with Crippen LogP contribution in [0.3, 0.4) is 0 Å². The maximum absolute atomic E-state index is 13.8. The molecule has 3 aromatic rings. The van der Waals surface area contributed by atoms with Crippen LogP contribution in [0, 0.1) is 12.7 Å². The zero-order valence-electron chi connectivity index (χ0n) is 17.5. The second kappa shape index (κ2) is 8.91. The molecule has 4 rings (SSSR count). The van der Waals surface area contributed by atoms with E-state index >= 15 is 0 Å². The predicted octanol–water partition coefficient (Wildman–Crippen LogP) is 4.14. The number of nitrogens with zero attached hydrogens (tertiary/aromatic N) is 1. The van der Waals surface area contributed by atoms with E-state index in [1.165, 1.54) is 48.2 Å². The largest absolute Gasteiger partial charge is 0.447 e. The molecule has 2 N–H and O–H groups in total. The summed E-state index contributed by atoms with van der Waals surface area (Å²) in [7, 11) is -4.06. The van der Waals surface area contributed by atoms with E-state index in [0.29, 0.717) is 23.5 Å². The fraction of sp³-hybridized carbons (Fsp3) is 0.130. The van der Waals surface area contributed by atoms with Crippen LogP contribution in [0.15, 0.2) is 71.6 Å². The Balaban J connectivity index is 1.54. The maximum Gasteiger partial charge on any atom is 0.414 e. The maximum atomic E-state index is 13.8. The Morgan fingerprint density at radius 1 is 1.06 bits per heavy atom. The van der Waals surface area contributed by atoms with E-state index in [9.17, 15) is 22.4 Å². The van der Waals surface area contributed by atoms with Crippen molar-refractivity contribution in [1.29, 1.82) is 0 Å². The topological polar surface area (TPSA) is 105 Å². The molecule has 1 aliphatic rings. The number of aryl methyl sites for hydroxylation is 1. The van der Waals surface area contributed by atoms with Gasteiger partial charge in [-0.1, -0.05) is 24.3 Å². The minimum Gasteiger partial charge on any atom is -0.447 e. The van der Waals surface area contributed by atoms with Gasteiger partial charge in [-0.2, -0.15) is 0 Å². The molecule has 0 saturated carbocycles. The number of para-hydroxylation sites is 2. The molecule has 8 nitrogen and oxygen atoms in total. The Morgan fingerprint density at radius 3 is 2.58 bits per heavy atom. The first-order valence-corrected chi connectivity index (χ1v) is 11.5. The summed E-state index contributed by atoms with van der Waals surface area (Å²) in [6.45, 7) is 2.16. The van der Waals surface area contributed by atoms with Crippen molar-refractivity contribution in [3.8, 4) is 0 Å². The highest BCUT2D eigenvalue weighted by Gasteiger charge is 2.26. The number of carbonyl (C=O) groups excluding carboxylic acids is 2. The van der Waals surface area contributed by atoms with Crippen molar-refractivity contribution in [3.63, 3.8) is 0 Å². The molecule has 170 valence electrons. The van der Waals surface area contributed by atoms with Gasteiger partial charge in [0.2, 0.25) is 0 Å². The lowest BCUT2D eigenvalue weighted by atomic mass is 10.1. The van der Waals surface area contributed by atoms with Gasteiger partial charge < -0.3 is 10.1 Å². The number of anilines is 3. The average molecular weight is 469 g/mol. The van der Waals surface area contributed by atoms with E-state index in [4.69, 9.17) is 4.74 Å². The van der Waals surface area contributed by atoms with Crippen LogP contribution in [-0.4, -0.2) is 33.6 Å². The molecule has 1 fully saturated rings. The number of benzene rings is 3. The molecule has 0 aromatic heterocycles. The zero-order valence-corrected chi connectivity index (χ0v) is 18.4. The molecule has 0 spiro atoms. The standard InChI is InChI=1S/C23H20FN3O5S/c1-15-9-10-18(14-19(15)24)33(30,31)26-17-6-4-5-16(13-17)22(28)25-20-7-2-3-8-21(20)27-11-12-32-23(27)29/h2-10,13-14,26H,11-12H2,1H3,(H,25,28). The average Bonchev–Trinajstić information content (AvgIpc) is 3.21. The van der Waals surface area contributed by atoms with Gasteiger partial charge in [0.05, 0.1) is 22.8 Å². The first-order valence-electron chi connectivity index (χ1n) is 9.98. The van der Waals surface area contributed by atoms with E-state index < -0.39 is 27.8 Å². The smallest absolute Gasteiger partial charge is 0.414 e. The van der Waals surface area contributed by atoms with Crippen LogP contribution < -0.4 is 14.9 Å². The number of hydrogen-bond donors (Lipinski definition) is 2. The molecular weight excluding hydrogens is 449 g/mol. The lowest BCUT2D eigenvalue weighted by molar-refractivity contribution is 0.102. The molecule has 3 aromatic carbocycles. The van der Waals surface area contributed by atoms with Crippen molar-refractivity contribution in [1.82, 2.24) is 0 Å². The molecular formula is C23H20FN3O5S. The van der Waals surface area contributed by atoms with Crippen LogP contribution in [0.4, 0.5) is 26.2 Å². The van der Waals surface area contributed by atoms with Crippen LogP contribution in [0.25, 0.3) is 0 Å². The summed E-state index contributed by atoms with van der Waals surface area (Å²) in [4.78, 5) is 26.0. The van der Waals surface area contributed by atoms with Crippen molar-refractivity contribution >= 4 is 39.1 Å². The van der Waals surface area contributed by atoms with E-state index in [-0.39, 0.29) is 22.8 Å². The van der Waals surface area contributed by atoms with Crippen LogP contribution >= 0.6 is 0 Å². The van der Waals surface area contributed by atoms with E-state index in [1.807, 2.05) is 0 Å². The van der Waals surface area contributed by atoms with Gasteiger partial charge in [-0.3, -0.25) is 14.4 Å². The molecule has 1 saturated heterocycles. The Kier molecular flexibility index (Phi) is 6.01. The Bertz CT molecular complexity index is 1340. The summed E-state index contributed by atoms with van der Waals surface area (Å²) < 4.78 is 46.4. The van der Waals surface area contributed by atoms with Gasteiger partial charge in [-0.05, 0) is 55.0 Å². The minimum atomic E-state index is -4.06. The summed E-state index contributed by atoms with van der Waals surface area (Å²) in [6, 6.07) is 16.3. The molecule has 10 heteroatoms. The van der Waals surface area contributed by atoms with Gasteiger partial charge in [0.1, 0.15) is 12.4 Å².